The van der Waals surface area contributed by atoms with Crippen molar-refractivity contribution >= 4 is 16.7 Å². The highest BCUT2D eigenvalue weighted by Gasteiger charge is 2.03. The summed E-state index contributed by atoms with van der Waals surface area (Å²) in [5.41, 5.74) is 3.22. The molecule has 0 aliphatic rings. The molecule has 0 atom stereocenters. The Kier molecular flexibility index (Phi) is 3.61. The van der Waals surface area contributed by atoms with Crippen LogP contribution in [0.15, 0.2) is 70.1 Å². The minimum atomic E-state index is 0.472. The van der Waals surface area contributed by atoms with Crippen LogP contribution in [0.5, 0.6) is 0 Å². The van der Waals surface area contributed by atoms with E-state index in [9.17, 15) is 0 Å². The van der Waals surface area contributed by atoms with Crippen LogP contribution in [0.4, 0.5) is 5.69 Å². The van der Waals surface area contributed by atoms with E-state index in [2.05, 4.69) is 11.1 Å². The van der Waals surface area contributed by atoms with E-state index in [1.54, 1.807) is 7.11 Å². The van der Waals surface area contributed by atoms with Crippen molar-refractivity contribution in [2.24, 2.45) is 4.99 Å². The molecular formula is C17H15NO2. The van der Waals surface area contributed by atoms with E-state index >= 15 is 0 Å². The SMILES string of the molecule is COCc1cc2ccccc2oc1=Nc1ccccc1. The van der Waals surface area contributed by atoms with Gasteiger partial charge in [0.15, 0.2) is 0 Å². The molecule has 0 unspecified atom stereocenters. The van der Waals surface area contributed by atoms with Gasteiger partial charge in [0, 0.05) is 18.1 Å². The van der Waals surface area contributed by atoms with Crippen LogP contribution >= 0.6 is 0 Å². The molecule has 0 fully saturated rings. The Morgan fingerprint density at radius 2 is 1.75 bits per heavy atom. The Labute approximate surface area is 117 Å². The first-order valence-electron chi connectivity index (χ1n) is 6.47. The first-order valence-corrected chi connectivity index (χ1v) is 6.47. The summed E-state index contributed by atoms with van der Waals surface area (Å²) < 4.78 is 11.1. The van der Waals surface area contributed by atoms with Gasteiger partial charge in [0.1, 0.15) is 5.58 Å². The monoisotopic (exact) mass is 265 g/mol. The van der Waals surface area contributed by atoms with E-state index in [1.807, 2.05) is 54.6 Å². The van der Waals surface area contributed by atoms with E-state index in [4.69, 9.17) is 9.15 Å². The van der Waals surface area contributed by atoms with Crippen LogP contribution in [0.3, 0.4) is 0 Å². The van der Waals surface area contributed by atoms with Crippen molar-refractivity contribution < 1.29 is 9.15 Å². The van der Waals surface area contributed by atoms with Crippen molar-refractivity contribution in [1.29, 1.82) is 0 Å². The molecule has 1 heterocycles. The molecule has 3 heteroatoms. The number of para-hydroxylation sites is 2. The summed E-state index contributed by atoms with van der Waals surface area (Å²) in [4.78, 5) is 4.56. The van der Waals surface area contributed by atoms with Gasteiger partial charge >= 0.3 is 0 Å². The first-order chi connectivity index (χ1) is 9.86. The van der Waals surface area contributed by atoms with Crippen LogP contribution in [-0.2, 0) is 11.3 Å². The van der Waals surface area contributed by atoms with Crippen LogP contribution < -0.4 is 5.55 Å². The lowest BCUT2D eigenvalue weighted by atomic mass is 10.2. The zero-order chi connectivity index (χ0) is 13.8. The highest BCUT2D eigenvalue weighted by Crippen LogP contribution is 2.15. The number of rotatable bonds is 3. The van der Waals surface area contributed by atoms with E-state index in [1.165, 1.54) is 0 Å². The number of fused-ring (bicyclic) bond motifs is 1. The maximum Gasteiger partial charge on any atom is 0.225 e. The number of methoxy groups -OCH3 is 1. The lowest BCUT2D eigenvalue weighted by molar-refractivity contribution is 0.181. The van der Waals surface area contributed by atoms with Gasteiger partial charge in [-0.1, -0.05) is 36.4 Å². The summed E-state index contributed by atoms with van der Waals surface area (Å²) in [6, 6.07) is 19.7. The van der Waals surface area contributed by atoms with Crippen molar-refractivity contribution in [3.8, 4) is 0 Å². The molecule has 0 bridgehead atoms. The second-order valence-electron chi connectivity index (χ2n) is 4.49. The Balaban J connectivity index is 2.22. The van der Waals surface area contributed by atoms with Gasteiger partial charge in [-0.15, -0.1) is 0 Å². The predicted molar refractivity (Wildman–Crippen MR) is 78.6 cm³/mol. The van der Waals surface area contributed by atoms with Gasteiger partial charge in [0.25, 0.3) is 0 Å². The third-order valence-corrected chi connectivity index (χ3v) is 3.02. The number of hydrogen-bond donors (Lipinski definition) is 0. The van der Waals surface area contributed by atoms with Crippen molar-refractivity contribution in [2.75, 3.05) is 7.11 Å². The molecule has 3 rings (SSSR count). The fraction of sp³-hybridized carbons (Fsp3) is 0.118. The zero-order valence-corrected chi connectivity index (χ0v) is 11.2. The summed E-state index contributed by atoms with van der Waals surface area (Å²) >= 11 is 0. The van der Waals surface area contributed by atoms with Crippen LogP contribution in [0, 0.1) is 0 Å². The second-order valence-corrected chi connectivity index (χ2v) is 4.49. The molecule has 0 saturated heterocycles. The number of benzene rings is 2. The second kappa shape index (κ2) is 5.72. The molecule has 100 valence electrons. The molecule has 0 saturated carbocycles. The average molecular weight is 265 g/mol. The quantitative estimate of drug-likeness (QED) is 0.721. The van der Waals surface area contributed by atoms with Crippen molar-refractivity contribution in [1.82, 2.24) is 0 Å². The summed E-state index contributed by atoms with van der Waals surface area (Å²) in [6.45, 7) is 0.472. The fourth-order valence-electron chi connectivity index (χ4n) is 2.09. The van der Waals surface area contributed by atoms with Crippen LogP contribution in [-0.4, -0.2) is 7.11 Å². The van der Waals surface area contributed by atoms with Crippen LogP contribution in [0.1, 0.15) is 5.56 Å². The van der Waals surface area contributed by atoms with E-state index in [-0.39, 0.29) is 0 Å². The Morgan fingerprint density at radius 1 is 1.00 bits per heavy atom. The molecule has 1 aromatic heterocycles. The molecule has 3 aromatic rings. The predicted octanol–water partition coefficient (Wildman–Crippen LogP) is 3.81. The van der Waals surface area contributed by atoms with Gasteiger partial charge in [0.05, 0.1) is 12.3 Å². The van der Waals surface area contributed by atoms with Gasteiger partial charge in [-0.2, -0.15) is 0 Å². The smallest absolute Gasteiger partial charge is 0.225 e. The Bertz CT molecular complexity index is 776. The van der Waals surface area contributed by atoms with Gasteiger partial charge in [-0.25, -0.2) is 4.99 Å². The van der Waals surface area contributed by atoms with Gasteiger partial charge in [-0.05, 0) is 24.3 Å². The topological polar surface area (TPSA) is 34.7 Å². The number of hydrogen-bond acceptors (Lipinski definition) is 3. The molecule has 0 spiro atoms. The third kappa shape index (κ3) is 2.63. The lowest BCUT2D eigenvalue weighted by Gasteiger charge is -2.03. The summed E-state index contributed by atoms with van der Waals surface area (Å²) in [6.07, 6.45) is 0. The number of ether oxygens (including phenoxy) is 1. The van der Waals surface area contributed by atoms with Gasteiger partial charge < -0.3 is 9.15 Å². The molecule has 0 amide bonds. The molecule has 3 nitrogen and oxygen atoms in total. The average Bonchev–Trinajstić information content (AvgIpc) is 2.49. The number of nitrogens with zero attached hydrogens (tertiary/aromatic N) is 1. The molecule has 0 N–H and O–H groups in total. The van der Waals surface area contributed by atoms with E-state index < -0.39 is 0 Å². The van der Waals surface area contributed by atoms with Crippen LogP contribution in [0.2, 0.25) is 0 Å². The minimum Gasteiger partial charge on any atom is -0.438 e. The molecule has 0 aliphatic heterocycles. The van der Waals surface area contributed by atoms with Crippen LogP contribution in [0.25, 0.3) is 11.0 Å². The highest BCUT2D eigenvalue weighted by atomic mass is 16.5. The molecule has 0 aliphatic carbocycles. The van der Waals surface area contributed by atoms with Gasteiger partial charge in [0.2, 0.25) is 5.55 Å². The van der Waals surface area contributed by atoms with Gasteiger partial charge in [-0.3, -0.25) is 0 Å². The summed E-state index contributed by atoms with van der Waals surface area (Å²) in [5.74, 6) is 0. The minimum absolute atomic E-state index is 0.472. The molecule has 2 aromatic carbocycles. The highest BCUT2D eigenvalue weighted by molar-refractivity contribution is 5.76. The fourth-order valence-corrected chi connectivity index (χ4v) is 2.09. The third-order valence-electron chi connectivity index (χ3n) is 3.02. The Hall–Kier alpha value is -2.39. The molecule has 0 radical (unpaired) electrons. The summed E-state index contributed by atoms with van der Waals surface area (Å²) in [5, 5.41) is 1.05. The van der Waals surface area contributed by atoms with E-state index in [0.29, 0.717) is 12.2 Å². The first kappa shape index (κ1) is 12.6. The maximum absolute atomic E-state index is 5.90. The summed E-state index contributed by atoms with van der Waals surface area (Å²) in [7, 11) is 1.67. The van der Waals surface area contributed by atoms with E-state index in [0.717, 1.165) is 22.2 Å². The standard InChI is InChI=1S/C17H15NO2/c1-19-12-14-11-13-7-5-6-10-16(13)20-17(14)18-15-8-3-2-4-9-15/h2-11H,12H2,1H3. The van der Waals surface area contributed by atoms with Crippen molar-refractivity contribution in [3.63, 3.8) is 0 Å². The lowest BCUT2D eigenvalue weighted by Crippen LogP contribution is -2.09. The maximum atomic E-state index is 5.90. The normalized spacial score (nSPS) is 11.9. The molecule has 20 heavy (non-hydrogen) atoms. The molecular weight excluding hydrogens is 250 g/mol. The largest absolute Gasteiger partial charge is 0.438 e. The van der Waals surface area contributed by atoms with Crippen molar-refractivity contribution in [2.45, 2.75) is 6.61 Å². The Morgan fingerprint density at radius 3 is 2.55 bits per heavy atom. The zero-order valence-electron chi connectivity index (χ0n) is 11.2. The van der Waals surface area contributed by atoms with Crippen molar-refractivity contribution in [3.05, 3.63) is 71.8 Å².